The largest absolute Gasteiger partial charge is 0.477 e. The minimum atomic E-state index is -0.901. The van der Waals surface area contributed by atoms with Crippen LogP contribution in [0.5, 0.6) is 0 Å². The van der Waals surface area contributed by atoms with Crippen molar-refractivity contribution >= 4 is 17.7 Å². The van der Waals surface area contributed by atoms with Gasteiger partial charge in [0.05, 0.1) is 4.91 Å². The number of carboxylic acids is 1. The third-order valence-corrected chi connectivity index (χ3v) is 1.86. The summed E-state index contributed by atoms with van der Waals surface area (Å²) in [5.41, 5.74) is 0. The Bertz CT molecular complexity index is 186. The van der Waals surface area contributed by atoms with Crippen molar-refractivity contribution in [3.8, 4) is 0 Å². The van der Waals surface area contributed by atoms with Gasteiger partial charge in [-0.3, -0.25) is 0 Å². The lowest BCUT2D eigenvalue weighted by molar-refractivity contribution is -0.131. The number of ether oxygens (including phenoxy) is 1. The molecule has 0 atom stereocenters. The van der Waals surface area contributed by atoms with E-state index in [0.717, 1.165) is 13.0 Å². The predicted octanol–water partition coefficient (Wildman–Crippen LogP) is 2.55. The first-order chi connectivity index (χ1) is 6.63. The van der Waals surface area contributed by atoms with Crippen molar-refractivity contribution in [2.24, 2.45) is 0 Å². The molecule has 82 valence electrons. The van der Waals surface area contributed by atoms with Gasteiger partial charge in [0.1, 0.15) is 0 Å². The Balaban J connectivity index is 0. The van der Waals surface area contributed by atoms with Gasteiger partial charge in [-0.25, -0.2) is 4.79 Å². The molecule has 0 aliphatic heterocycles. The fourth-order valence-electron chi connectivity index (χ4n) is 0.538. The summed E-state index contributed by atoms with van der Waals surface area (Å²) >= 11 is 1.19. The second-order valence-corrected chi connectivity index (χ2v) is 3.12. The number of carboxylic acid groups (broad SMARTS) is 1. The minimum Gasteiger partial charge on any atom is -0.477 e. The molecule has 1 N–H and O–H groups in total. The van der Waals surface area contributed by atoms with E-state index in [-0.39, 0.29) is 0 Å². The summed E-state index contributed by atoms with van der Waals surface area (Å²) in [6, 6.07) is 0. The second-order valence-electron chi connectivity index (χ2n) is 2.27. The number of methoxy groups -OCH3 is 1. The molecule has 0 fully saturated rings. The average molecular weight is 218 g/mol. The molecule has 0 radical (unpaired) electrons. The molecule has 0 amide bonds. The molecule has 0 aromatic heterocycles. The van der Waals surface area contributed by atoms with Crippen LogP contribution in [0.1, 0.15) is 13.3 Å². The molecule has 14 heavy (non-hydrogen) atoms. The summed E-state index contributed by atoms with van der Waals surface area (Å²) in [6.45, 7) is 6.35. The van der Waals surface area contributed by atoms with E-state index >= 15 is 0 Å². The van der Waals surface area contributed by atoms with Crippen LogP contribution in [0, 0.1) is 0 Å². The quantitative estimate of drug-likeness (QED) is 0.569. The normalized spacial score (nSPS) is 10.1. The predicted molar refractivity (Wildman–Crippen MR) is 61.6 cm³/mol. The van der Waals surface area contributed by atoms with Crippen LogP contribution in [-0.4, -0.2) is 31.0 Å². The molecule has 0 bridgehead atoms. The first kappa shape index (κ1) is 15.7. The van der Waals surface area contributed by atoms with Crippen LogP contribution in [0.4, 0.5) is 0 Å². The molecular weight excluding hydrogens is 200 g/mol. The van der Waals surface area contributed by atoms with Crippen molar-refractivity contribution in [2.75, 3.05) is 20.0 Å². The highest BCUT2D eigenvalue weighted by Crippen LogP contribution is 2.10. The number of allylic oxidation sites excluding steroid dienone is 2. The molecule has 0 aromatic carbocycles. The second kappa shape index (κ2) is 12.3. The Labute approximate surface area is 89.8 Å². The number of rotatable bonds is 5. The summed E-state index contributed by atoms with van der Waals surface area (Å²) in [4.78, 5) is 10.5. The van der Waals surface area contributed by atoms with E-state index < -0.39 is 5.97 Å². The van der Waals surface area contributed by atoms with Crippen LogP contribution in [0.2, 0.25) is 0 Å². The smallest absolute Gasteiger partial charge is 0.342 e. The Hall–Kier alpha value is -0.740. The monoisotopic (exact) mass is 218 g/mol. The highest BCUT2D eigenvalue weighted by Gasteiger charge is 2.01. The maximum absolute atomic E-state index is 10.2. The molecule has 0 aromatic rings. The zero-order chi connectivity index (χ0) is 11.4. The number of thioether (sulfide) groups is 1. The molecular formula is C10H18O3S. The van der Waals surface area contributed by atoms with Crippen LogP contribution >= 0.6 is 11.8 Å². The molecule has 4 heteroatoms. The van der Waals surface area contributed by atoms with Crippen molar-refractivity contribution in [3.05, 3.63) is 23.6 Å². The topological polar surface area (TPSA) is 46.5 Å². The zero-order valence-electron chi connectivity index (χ0n) is 8.95. The molecule has 0 unspecified atom stereocenters. The molecule has 0 saturated heterocycles. The summed E-state index contributed by atoms with van der Waals surface area (Å²) in [7, 11) is 1.71. The lowest BCUT2D eigenvalue weighted by Gasteiger charge is -1.91. The van der Waals surface area contributed by atoms with Gasteiger partial charge in [0, 0.05) is 13.7 Å². The fraction of sp³-hybridized carbons (Fsp3) is 0.500. The van der Waals surface area contributed by atoms with Gasteiger partial charge < -0.3 is 9.84 Å². The highest BCUT2D eigenvalue weighted by molar-refractivity contribution is 8.03. The van der Waals surface area contributed by atoms with Gasteiger partial charge in [-0.05, 0) is 18.8 Å². The molecule has 0 aliphatic rings. The van der Waals surface area contributed by atoms with E-state index in [1.54, 1.807) is 13.4 Å². The van der Waals surface area contributed by atoms with Crippen LogP contribution in [0.15, 0.2) is 23.6 Å². The van der Waals surface area contributed by atoms with E-state index in [4.69, 9.17) is 9.84 Å². The third-order valence-electron chi connectivity index (χ3n) is 1.11. The van der Waals surface area contributed by atoms with Crippen molar-refractivity contribution in [3.63, 3.8) is 0 Å². The van der Waals surface area contributed by atoms with Crippen LogP contribution in [0.3, 0.4) is 0 Å². The first-order valence-corrected chi connectivity index (χ1v) is 5.45. The fourth-order valence-corrected chi connectivity index (χ4v) is 0.945. The van der Waals surface area contributed by atoms with Gasteiger partial charge >= 0.3 is 5.97 Å². The van der Waals surface area contributed by atoms with Gasteiger partial charge in [0.15, 0.2) is 0 Å². The van der Waals surface area contributed by atoms with E-state index in [2.05, 4.69) is 13.5 Å². The van der Waals surface area contributed by atoms with Crippen molar-refractivity contribution < 1.29 is 14.6 Å². The summed E-state index contributed by atoms with van der Waals surface area (Å²) in [5, 5.41) is 8.37. The first-order valence-electron chi connectivity index (χ1n) is 4.22. The Morgan fingerprint density at radius 3 is 2.29 bits per heavy atom. The average Bonchev–Trinajstić information content (AvgIpc) is 2.16. The zero-order valence-corrected chi connectivity index (χ0v) is 9.76. The van der Waals surface area contributed by atoms with Gasteiger partial charge in [-0.1, -0.05) is 19.6 Å². The number of hydrogen-bond donors (Lipinski definition) is 1. The minimum absolute atomic E-state index is 0.310. The van der Waals surface area contributed by atoms with Gasteiger partial charge in [-0.2, -0.15) is 0 Å². The van der Waals surface area contributed by atoms with Crippen LogP contribution in [-0.2, 0) is 9.53 Å². The van der Waals surface area contributed by atoms with Crippen LogP contribution in [0.25, 0.3) is 0 Å². The molecule has 0 heterocycles. The Morgan fingerprint density at radius 2 is 2.21 bits per heavy atom. The summed E-state index contributed by atoms with van der Waals surface area (Å²) in [5.74, 6) is -0.901. The highest BCUT2D eigenvalue weighted by atomic mass is 32.2. The lowest BCUT2D eigenvalue weighted by Crippen LogP contribution is -1.94. The Morgan fingerprint density at radius 1 is 1.64 bits per heavy atom. The van der Waals surface area contributed by atoms with Crippen molar-refractivity contribution in [1.82, 2.24) is 0 Å². The molecule has 0 spiro atoms. The Kier molecular flexibility index (Phi) is 13.8. The standard InChI is InChI=1S/C6H8O2S.C4H10O/c1-3-4-5(9-2)6(7)8;1-3-4-5-2/h3-4H,1H2,2H3,(H,7,8);3-4H2,1-2H3/b5-4-;. The van der Waals surface area contributed by atoms with Gasteiger partial charge in [-0.15, -0.1) is 11.8 Å². The van der Waals surface area contributed by atoms with E-state index in [9.17, 15) is 4.79 Å². The molecule has 0 aliphatic carbocycles. The number of carbonyl (C=O) groups is 1. The summed E-state index contributed by atoms with van der Waals surface area (Å²) in [6.07, 6.45) is 5.76. The number of hydrogen-bond acceptors (Lipinski definition) is 3. The van der Waals surface area contributed by atoms with Crippen molar-refractivity contribution in [2.45, 2.75) is 13.3 Å². The molecule has 3 nitrogen and oxygen atoms in total. The molecule has 0 rings (SSSR count). The maximum atomic E-state index is 10.2. The van der Waals surface area contributed by atoms with Gasteiger partial charge in [0.25, 0.3) is 0 Å². The SMILES string of the molecule is C=C/C=C(\SC)C(=O)O.CCCOC. The lowest BCUT2D eigenvalue weighted by atomic mass is 10.5. The van der Waals surface area contributed by atoms with Crippen LogP contribution < -0.4 is 0 Å². The van der Waals surface area contributed by atoms with E-state index in [1.165, 1.54) is 23.9 Å². The molecule has 0 saturated carbocycles. The van der Waals surface area contributed by atoms with E-state index in [1.807, 2.05) is 0 Å². The third kappa shape index (κ3) is 11.3. The van der Waals surface area contributed by atoms with Gasteiger partial charge in [0.2, 0.25) is 0 Å². The van der Waals surface area contributed by atoms with E-state index in [0.29, 0.717) is 4.91 Å². The summed E-state index contributed by atoms with van der Waals surface area (Å²) < 4.78 is 4.69. The van der Waals surface area contributed by atoms with Crippen molar-refractivity contribution in [1.29, 1.82) is 0 Å². The maximum Gasteiger partial charge on any atom is 0.342 e. The number of aliphatic carboxylic acids is 1.